The number of nitrogens with one attached hydrogen (secondary N) is 1. The summed E-state index contributed by atoms with van der Waals surface area (Å²) in [6, 6.07) is 7.60. The van der Waals surface area contributed by atoms with E-state index in [4.69, 9.17) is 0 Å². The molecule has 1 atom stereocenters. The van der Waals surface area contributed by atoms with Crippen molar-refractivity contribution in [1.29, 1.82) is 0 Å². The van der Waals surface area contributed by atoms with E-state index in [2.05, 4.69) is 17.4 Å². The van der Waals surface area contributed by atoms with Crippen LogP contribution in [0.3, 0.4) is 0 Å². The van der Waals surface area contributed by atoms with Crippen LogP contribution in [0.15, 0.2) is 24.3 Å². The number of amides is 2. The van der Waals surface area contributed by atoms with Gasteiger partial charge in [-0.25, -0.2) is 4.79 Å². The van der Waals surface area contributed by atoms with Crippen LogP contribution in [0.5, 0.6) is 0 Å². The van der Waals surface area contributed by atoms with Crippen LogP contribution >= 0.6 is 0 Å². The normalized spacial score (nSPS) is 15.8. The van der Waals surface area contributed by atoms with Crippen molar-refractivity contribution in [2.75, 3.05) is 6.54 Å². The number of urea groups is 1. The summed E-state index contributed by atoms with van der Waals surface area (Å²) >= 11 is 0. The number of aldehydes is 1. The van der Waals surface area contributed by atoms with Crippen LogP contribution in [-0.4, -0.2) is 29.8 Å². The average molecular weight is 260 g/mol. The molecule has 1 aromatic carbocycles. The largest absolute Gasteiger partial charge is 0.328 e. The first-order valence-corrected chi connectivity index (χ1v) is 6.69. The molecule has 0 spiro atoms. The predicted molar refractivity (Wildman–Crippen MR) is 73.8 cm³/mol. The fourth-order valence-corrected chi connectivity index (χ4v) is 2.26. The highest BCUT2D eigenvalue weighted by Crippen LogP contribution is 2.18. The SMILES string of the molecule is CC(C)C(C=O)NC(=O)N1CCc2ccccc2C1. The lowest BCUT2D eigenvalue weighted by molar-refractivity contribution is -0.110. The first-order chi connectivity index (χ1) is 9.11. The molecule has 4 nitrogen and oxygen atoms in total. The van der Waals surface area contributed by atoms with Gasteiger partial charge in [-0.2, -0.15) is 0 Å². The Labute approximate surface area is 113 Å². The third-order valence-corrected chi connectivity index (χ3v) is 3.57. The molecule has 2 amide bonds. The van der Waals surface area contributed by atoms with E-state index in [1.54, 1.807) is 4.90 Å². The van der Waals surface area contributed by atoms with Gasteiger partial charge in [0.25, 0.3) is 0 Å². The van der Waals surface area contributed by atoms with Crippen molar-refractivity contribution in [2.45, 2.75) is 32.9 Å². The van der Waals surface area contributed by atoms with E-state index in [0.29, 0.717) is 13.1 Å². The van der Waals surface area contributed by atoms with E-state index in [-0.39, 0.29) is 11.9 Å². The summed E-state index contributed by atoms with van der Waals surface area (Å²) in [5.74, 6) is 0.110. The topological polar surface area (TPSA) is 49.4 Å². The molecule has 0 aromatic heterocycles. The van der Waals surface area contributed by atoms with Crippen molar-refractivity contribution in [1.82, 2.24) is 10.2 Å². The summed E-state index contributed by atoms with van der Waals surface area (Å²) in [7, 11) is 0. The standard InChI is InChI=1S/C15H20N2O2/c1-11(2)14(10-18)16-15(19)17-8-7-12-5-3-4-6-13(12)9-17/h3-6,10-11,14H,7-9H2,1-2H3,(H,16,19). The van der Waals surface area contributed by atoms with Crippen LogP contribution in [0, 0.1) is 5.92 Å². The summed E-state index contributed by atoms with van der Waals surface area (Å²) in [5.41, 5.74) is 2.50. The molecule has 2 rings (SSSR count). The Hall–Kier alpha value is -1.84. The van der Waals surface area contributed by atoms with Gasteiger partial charge in [-0.05, 0) is 23.5 Å². The molecule has 1 heterocycles. The number of hydrogen-bond donors (Lipinski definition) is 1. The molecule has 1 aliphatic rings. The molecule has 19 heavy (non-hydrogen) atoms. The molecule has 0 saturated heterocycles. The maximum absolute atomic E-state index is 12.1. The number of hydrogen-bond acceptors (Lipinski definition) is 2. The maximum atomic E-state index is 12.1. The van der Waals surface area contributed by atoms with Gasteiger partial charge in [0.1, 0.15) is 6.29 Å². The van der Waals surface area contributed by atoms with Gasteiger partial charge in [-0.1, -0.05) is 38.1 Å². The number of benzene rings is 1. The lowest BCUT2D eigenvalue weighted by Crippen LogP contribution is -2.48. The molecule has 1 aromatic rings. The summed E-state index contributed by atoms with van der Waals surface area (Å²) in [5, 5.41) is 2.79. The molecule has 1 aliphatic heterocycles. The van der Waals surface area contributed by atoms with Gasteiger partial charge in [0.05, 0.1) is 6.04 Å². The molecule has 0 bridgehead atoms. The first kappa shape index (κ1) is 13.6. The van der Waals surface area contributed by atoms with Crippen LogP contribution in [0.2, 0.25) is 0 Å². The van der Waals surface area contributed by atoms with Gasteiger partial charge < -0.3 is 15.0 Å². The Morgan fingerprint density at radius 1 is 1.32 bits per heavy atom. The average Bonchev–Trinajstić information content (AvgIpc) is 2.43. The lowest BCUT2D eigenvalue weighted by atomic mass is 10.0. The van der Waals surface area contributed by atoms with Gasteiger partial charge in [0.15, 0.2) is 0 Å². The van der Waals surface area contributed by atoms with E-state index < -0.39 is 6.04 Å². The van der Waals surface area contributed by atoms with E-state index in [1.165, 1.54) is 11.1 Å². The van der Waals surface area contributed by atoms with Gasteiger partial charge in [0.2, 0.25) is 0 Å². The van der Waals surface area contributed by atoms with Crippen LogP contribution in [0.4, 0.5) is 4.79 Å². The van der Waals surface area contributed by atoms with Crippen molar-refractivity contribution in [2.24, 2.45) is 5.92 Å². The van der Waals surface area contributed by atoms with Crippen molar-refractivity contribution < 1.29 is 9.59 Å². The Kier molecular flexibility index (Phi) is 4.20. The minimum absolute atomic E-state index is 0.110. The van der Waals surface area contributed by atoms with E-state index in [9.17, 15) is 9.59 Å². The highest BCUT2D eigenvalue weighted by atomic mass is 16.2. The highest BCUT2D eigenvalue weighted by Gasteiger charge is 2.23. The zero-order valence-corrected chi connectivity index (χ0v) is 11.4. The molecule has 0 saturated carbocycles. The number of carbonyl (C=O) groups excluding carboxylic acids is 2. The van der Waals surface area contributed by atoms with Crippen molar-refractivity contribution in [3.05, 3.63) is 35.4 Å². The van der Waals surface area contributed by atoms with E-state index in [1.807, 2.05) is 26.0 Å². The van der Waals surface area contributed by atoms with E-state index >= 15 is 0 Å². The predicted octanol–water partition coefficient (Wildman–Crippen LogP) is 1.98. The fourth-order valence-electron chi connectivity index (χ4n) is 2.26. The lowest BCUT2D eigenvalue weighted by Gasteiger charge is -2.30. The van der Waals surface area contributed by atoms with Gasteiger partial charge in [-0.15, -0.1) is 0 Å². The van der Waals surface area contributed by atoms with Gasteiger partial charge in [0, 0.05) is 13.1 Å². The van der Waals surface area contributed by atoms with Crippen molar-refractivity contribution in [3.63, 3.8) is 0 Å². The van der Waals surface area contributed by atoms with Gasteiger partial charge in [-0.3, -0.25) is 0 Å². The summed E-state index contributed by atoms with van der Waals surface area (Å²) in [6.45, 7) is 5.16. The first-order valence-electron chi connectivity index (χ1n) is 6.69. The summed E-state index contributed by atoms with van der Waals surface area (Å²) in [6.07, 6.45) is 1.68. The smallest absolute Gasteiger partial charge is 0.318 e. The molecule has 0 radical (unpaired) electrons. The molecule has 1 unspecified atom stereocenters. The second-order valence-corrected chi connectivity index (χ2v) is 5.30. The van der Waals surface area contributed by atoms with Crippen LogP contribution in [0.1, 0.15) is 25.0 Å². The zero-order chi connectivity index (χ0) is 13.8. The Bertz CT molecular complexity index is 471. The molecule has 0 fully saturated rings. The number of fused-ring (bicyclic) bond motifs is 1. The molecule has 4 heteroatoms. The third-order valence-electron chi connectivity index (χ3n) is 3.57. The maximum Gasteiger partial charge on any atom is 0.318 e. The second-order valence-electron chi connectivity index (χ2n) is 5.30. The van der Waals surface area contributed by atoms with Gasteiger partial charge >= 0.3 is 6.03 Å². The number of nitrogens with zero attached hydrogens (tertiary/aromatic N) is 1. The molecule has 102 valence electrons. The third kappa shape index (κ3) is 3.13. The van der Waals surface area contributed by atoms with Crippen LogP contribution in [0.25, 0.3) is 0 Å². The quantitative estimate of drug-likeness (QED) is 0.845. The Balaban J connectivity index is 2.01. The molecule has 0 aliphatic carbocycles. The van der Waals surface area contributed by atoms with Crippen LogP contribution < -0.4 is 5.32 Å². The monoisotopic (exact) mass is 260 g/mol. The Morgan fingerprint density at radius 3 is 2.63 bits per heavy atom. The minimum Gasteiger partial charge on any atom is -0.328 e. The number of rotatable bonds is 3. The molecular weight excluding hydrogens is 240 g/mol. The fraction of sp³-hybridized carbons (Fsp3) is 0.467. The number of carbonyl (C=O) groups is 2. The van der Waals surface area contributed by atoms with E-state index in [0.717, 1.165) is 12.7 Å². The highest BCUT2D eigenvalue weighted by molar-refractivity contribution is 5.78. The Morgan fingerprint density at radius 2 is 2.00 bits per heavy atom. The molecule has 1 N–H and O–H groups in total. The second kappa shape index (κ2) is 5.87. The molecular formula is C15H20N2O2. The van der Waals surface area contributed by atoms with Crippen molar-refractivity contribution in [3.8, 4) is 0 Å². The minimum atomic E-state index is -0.412. The summed E-state index contributed by atoms with van der Waals surface area (Å²) < 4.78 is 0. The van der Waals surface area contributed by atoms with Crippen LogP contribution in [-0.2, 0) is 17.8 Å². The zero-order valence-electron chi connectivity index (χ0n) is 11.4. The summed E-state index contributed by atoms with van der Waals surface area (Å²) in [4.78, 5) is 24.8. The van der Waals surface area contributed by atoms with Crippen molar-refractivity contribution >= 4 is 12.3 Å².